The van der Waals surface area contributed by atoms with E-state index in [2.05, 4.69) is 4.98 Å². The maximum Gasteiger partial charge on any atom is 0.141 e. The molecule has 0 bridgehead atoms. The normalized spacial score (nSPS) is 10.0. The summed E-state index contributed by atoms with van der Waals surface area (Å²) in [7, 11) is 0. The van der Waals surface area contributed by atoms with Gasteiger partial charge in [-0.05, 0) is 17.7 Å². The van der Waals surface area contributed by atoms with E-state index in [1.54, 1.807) is 12.3 Å². The van der Waals surface area contributed by atoms with Crippen LogP contribution in [0.5, 0.6) is 0 Å². The number of hydrogen-bond acceptors (Lipinski definition) is 3. The van der Waals surface area contributed by atoms with E-state index >= 15 is 0 Å². The molecule has 1 aromatic rings. The molecule has 3 nitrogen and oxygen atoms in total. The largest absolute Gasteiger partial charge is 0.327 e. The minimum Gasteiger partial charge on any atom is -0.327 e. The van der Waals surface area contributed by atoms with E-state index in [4.69, 9.17) is 11.0 Å². The Morgan fingerprint density at radius 1 is 1.67 bits per heavy atom. The first-order valence-corrected chi connectivity index (χ1v) is 3.59. The highest BCUT2D eigenvalue weighted by Crippen LogP contribution is 2.02. The molecule has 0 aromatic carbocycles. The molecule has 0 radical (unpaired) electrons. The first kappa shape index (κ1) is 8.44. The second-order valence-corrected chi connectivity index (χ2v) is 2.22. The van der Waals surface area contributed by atoms with E-state index in [0.717, 1.165) is 5.56 Å². The lowest BCUT2D eigenvalue weighted by Crippen LogP contribution is -1.92. The highest BCUT2D eigenvalue weighted by molar-refractivity contribution is 5.50. The van der Waals surface area contributed by atoms with Crippen LogP contribution in [0, 0.1) is 11.3 Å². The first-order valence-electron chi connectivity index (χ1n) is 3.59. The van der Waals surface area contributed by atoms with E-state index in [-0.39, 0.29) is 0 Å². The lowest BCUT2D eigenvalue weighted by molar-refractivity contribution is 1.25. The molecule has 0 saturated heterocycles. The Bertz CT molecular complexity index is 323. The molecule has 0 unspecified atom stereocenters. The molecule has 0 atom stereocenters. The van der Waals surface area contributed by atoms with Gasteiger partial charge in [-0.1, -0.05) is 12.2 Å². The highest BCUT2D eigenvalue weighted by atomic mass is 14.7. The van der Waals surface area contributed by atoms with Crippen molar-refractivity contribution in [3.63, 3.8) is 0 Å². The Hall–Kier alpha value is -1.66. The molecule has 1 heterocycles. The number of hydrogen-bond donors (Lipinski definition) is 1. The van der Waals surface area contributed by atoms with Gasteiger partial charge in [-0.25, -0.2) is 4.98 Å². The van der Waals surface area contributed by atoms with Gasteiger partial charge in [0.25, 0.3) is 0 Å². The van der Waals surface area contributed by atoms with E-state index in [1.165, 1.54) is 0 Å². The average Bonchev–Trinajstić information content (AvgIpc) is 2.15. The van der Waals surface area contributed by atoms with E-state index < -0.39 is 0 Å². The maximum absolute atomic E-state index is 8.53. The van der Waals surface area contributed by atoms with Crippen LogP contribution in [0.25, 0.3) is 6.08 Å². The Kier molecular flexibility index (Phi) is 3.00. The summed E-state index contributed by atoms with van der Waals surface area (Å²) in [5.74, 6) is 0. The third-order valence-corrected chi connectivity index (χ3v) is 1.34. The van der Waals surface area contributed by atoms with E-state index in [9.17, 15) is 0 Å². The Morgan fingerprint density at radius 2 is 2.50 bits per heavy atom. The molecule has 0 spiro atoms. The number of nitrogens with two attached hydrogens (primary N) is 1. The molecule has 0 aliphatic rings. The van der Waals surface area contributed by atoms with Crippen LogP contribution in [-0.2, 0) is 0 Å². The lowest BCUT2D eigenvalue weighted by Gasteiger charge is -1.91. The quantitative estimate of drug-likeness (QED) is 0.698. The van der Waals surface area contributed by atoms with Crippen molar-refractivity contribution in [3.8, 4) is 6.07 Å². The van der Waals surface area contributed by atoms with Gasteiger partial charge in [0.1, 0.15) is 11.8 Å². The molecule has 0 saturated carbocycles. The van der Waals surface area contributed by atoms with Crippen molar-refractivity contribution in [1.82, 2.24) is 4.98 Å². The minimum atomic E-state index is 0.425. The van der Waals surface area contributed by atoms with E-state index in [1.807, 2.05) is 24.3 Å². The van der Waals surface area contributed by atoms with Gasteiger partial charge in [0.15, 0.2) is 0 Å². The molecular weight excluding hydrogens is 150 g/mol. The SMILES string of the molecule is N#Cc1cc(C=CCN)ccn1. The van der Waals surface area contributed by atoms with Crippen LogP contribution in [0.4, 0.5) is 0 Å². The molecular formula is C9H9N3. The number of nitrogens with zero attached hydrogens (tertiary/aromatic N) is 2. The second-order valence-electron chi connectivity index (χ2n) is 2.22. The van der Waals surface area contributed by atoms with Gasteiger partial charge >= 0.3 is 0 Å². The molecule has 0 fully saturated rings. The molecule has 0 amide bonds. The Balaban J connectivity index is 2.88. The van der Waals surface area contributed by atoms with Crippen LogP contribution in [0.1, 0.15) is 11.3 Å². The lowest BCUT2D eigenvalue weighted by atomic mass is 10.2. The summed E-state index contributed by atoms with van der Waals surface area (Å²) < 4.78 is 0. The summed E-state index contributed by atoms with van der Waals surface area (Å²) in [5.41, 5.74) is 6.66. The van der Waals surface area contributed by atoms with Gasteiger partial charge in [0, 0.05) is 12.7 Å². The first-order chi connectivity index (χ1) is 5.86. The monoisotopic (exact) mass is 159 g/mol. The summed E-state index contributed by atoms with van der Waals surface area (Å²) in [5, 5.41) is 8.53. The van der Waals surface area contributed by atoms with Crippen molar-refractivity contribution < 1.29 is 0 Å². The number of rotatable bonds is 2. The van der Waals surface area contributed by atoms with Crippen molar-refractivity contribution in [2.75, 3.05) is 6.54 Å². The molecule has 3 heteroatoms. The molecule has 60 valence electrons. The van der Waals surface area contributed by atoms with Crippen molar-refractivity contribution in [3.05, 3.63) is 35.7 Å². The molecule has 12 heavy (non-hydrogen) atoms. The minimum absolute atomic E-state index is 0.425. The number of nitriles is 1. The highest BCUT2D eigenvalue weighted by Gasteiger charge is 1.90. The van der Waals surface area contributed by atoms with Crippen molar-refractivity contribution in [2.24, 2.45) is 5.73 Å². The van der Waals surface area contributed by atoms with Gasteiger partial charge in [0.05, 0.1) is 0 Å². The summed E-state index contributed by atoms with van der Waals surface area (Å²) in [4.78, 5) is 3.84. The van der Waals surface area contributed by atoms with Gasteiger partial charge in [-0.3, -0.25) is 0 Å². The van der Waals surface area contributed by atoms with E-state index in [0.29, 0.717) is 12.2 Å². The molecule has 2 N–H and O–H groups in total. The zero-order valence-electron chi connectivity index (χ0n) is 6.57. The Labute approximate surface area is 71.2 Å². The fourth-order valence-corrected chi connectivity index (χ4v) is 0.816. The standard InChI is InChI=1S/C9H9N3/c10-4-1-2-8-3-5-12-9(6-8)7-11/h1-3,5-6H,4,10H2. The fraction of sp³-hybridized carbons (Fsp3) is 0.111. The van der Waals surface area contributed by atoms with Crippen LogP contribution in [0.2, 0.25) is 0 Å². The maximum atomic E-state index is 8.53. The Morgan fingerprint density at radius 3 is 3.17 bits per heavy atom. The summed E-state index contributed by atoms with van der Waals surface area (Å²) in [6.07, 6.45) is 5.30. The summed E-state index contributed by atoms with van der Waals surface area (Å²) in [6.45, 7) is 0.504. The molecule has 0 aliphatic carbocycles. The smallest absolute Gasteiger partial charge is 0.141 e. The van der Waals surface area contributed by atoms with Crippen molar-refractivity contribution in [1.29, 1.82) is 5.26 Å². The van der Waals surface area contributed by atoms with Crippen LogP contribution in [0.15, 0.2) is 24.4 Å². The van der Waals surface area contributed by atoms with Crippen LogP contribution in [-0.4, -0.2) is 11.5 Å². The third kappa shape index (κ3) is 2.19. The van der Waals surface area contributed by atoms with Gasteiger partial charge in [-0.15, -0.1) is 0 Å². The van der Waals surface area contributed by atoms with Gasteiger partial charge in [0.2, 0.25) is 0 Å². The van der Waals surface area contributed by atoms with Gasteiger partial charge < -0.3 is 5.73 Å². The predicted molar refractivity (Wildman–Crippen MR) is 47.0 cm³/mol. The number of pyridine rings is 1. The number of aromatic nitrogens is 1. The predicted octanol–water partition coefficient (Wildman–Crippen LogP) is 0.925. The summed E-state index contributed by atoms with van der Waals surface area (Å²) >= 11 is 0. The summed E-state index contributed by atoms with van der Waals surface area (Å²) in [6, 6.07) is 5.51. The second kappa shape index (κ2) is 4.27. The van der Waals surface area contributed by atoms with Crippen LogP contribution < -0.4 is 5.73 Å². The van der Waals surface area contributed by atoms with Crippen LogP contribution >= 0.6 is 0 Å². The van der Waals surface area contributed by atoms with Crippen molar-refractivity contribution >= 4 is 6.08 Å². The topological polar surface area (TPSA) is 62.7 Å². The third-order valence-electron chi connectivity index (χ3n) is 1.34. The molecule has 1 aromatic heterocycles. The zero-order valence-corrected chi connectivity index (χ0v) is 6.57. The molecule has 0 aliphatic heterocycles. The average molecular weight is 159 g/mol. The fourth-order valence-electron chi connectivity index (χ4n) is 0.816. The molecule has 1 rings (SSSR count). The zero-order chi connectivity index (χ0) is 8.81. The van der Waals surface area contributed by atoms with Crippen molar-refractivity contribution in [2.45, 2.75) is 0 Å². The van der Waals surface area contributed by atoms with Crippen LogP contribution in [0.3, 0.4) is 0 Å². The van der Waals surface area contributed by atoms with Gasteiger partial charge in [-0.2, -0.15) is 5.26 Å².